The summed E-state index contributed by atoms with van der Waals surface area (Å²) < 4.78 is 7.05. The van der Waals surface area contributed by atoms with Gasteiger partial charge in [-0.05, 0) is 41.5 Å². The molecule has 0 unspecified atom stereocenters. The van der Waals surface area contributed by atoms with Crippen molar-refractivity contribution in [1.29, 1.82) is 0 Å². The second kappa shape index (κ2) is 10.7. The Morgan fingerprint density at radius 1 is 1.11 bits per heavy atom. The monoisotopic (exact) mass is 491 g/mol. The molecule has 148 valence electrons. The van der Waals surface area contributed by atoms with Gasteiger partial charge in [0.25, 0.3) is 0 Å². The molecule has 1 N–H and O–H groups in total. The minimum absolute atomic E-state index is 0. The van der Waals surface area contributed by atoms with Gasteiger partial charge in [-0.15, -0.1) is 24.0 Å². The molecular formula is C21H26IN5O. The number of methoxy groups -OCH3 is 1. The van der Waals surface area contributed by atoms with Crippen molar-refractivity contribution in [3.63, 3.8) is 0 Å². The molecule has 0 aliphatic carbocycles. The van der Waals surface area contributed by atoms with Crippen LogP contribution in [0, 0.1) is 0 Å². The van der Waals surface area contributed by atoms with E-state index in [1.54, 1.807) is 20.4 Å². The SMILES string of the molecule is CN=C(NCc1ccc(-n2cccn2)cc1)N(C)Cc1ccc(OC)cc1.I. The number of guanidine groups is 1. The summed E-state index contributed by atoms with van der Waals surface area (Å²) in [6, 6.07) is 18.3. The fourth-order valence-electron chi connectivity index (χ4n) is 2.83. The molecule has 1 aromatic heterocycles. The number of rotatable bonds is 6. The molecule has 3 aromatic rings. The number of nitrogens with zero attached hydrogens (tertiary/aromatic N) is 4. The maximum atomic E-state index is 5.21. The molecule has 0 spiro atoms. The van der Waals surface area contributed by atoms with E-state index in [2.05, 4.69) is 56.7 Å². The van der Waals surface area contributed by atoms with E-state index in [1.807, 2.05) is 36.1 Å². The van der Waals surface area contributed by atoms with Gasteiger partial charge in [-0.25, -0.2) is 4.68 Å². The first-order valence-electron chi connectivity index (χ1n) is 8.83. The summed E-state index contributed by atoms with van der Waals surface area (Å²) in [4.78, 5) is 6.48. The average Bonchev–Trinajstić information content (AvgIpc) is 3.24. The highest BCUT2D eigenvalue weighted by molar-refractivity contribution is 14.0. The van der Waals surface area contributed by atoms with Crippen LogP contribution in [0.1, 0.15) is 11.1 Å². The van der Waals surface area contributed by atoms with Crippen molar-refractivity contribution in [2.24, 2.45) is 4.99 Å². The molecule has 0 fully saturated rings. The minimum atomic E-state index is 0. The molecule has 7 heteroatoms. The number of halogens is 1. The van der Waals surface area contributed by atoms with Crippen molar-refractivity contribution in [2.45, 2.75) is 13.1 Å². The highest BCUT2D eigenvalue weighted by Crippen LogP contribution is 2.13. The van der Waals surface area contributed by atoms with Crippen molar-refractivity contribution in [3.8, 4) is 11.4 Å². The van der Waals surface area contributed by atoms with E-state index in [-0.39, 0.29) is 24.0 Å². The van der Waals surface area contributed by atoms with Gasteiger partial charge in [0.2, 0.25) is 0 Å². The van der Waals surface area contributed by atoms with Crippen LogP contribution in [0.5, 0.6) is 5.75 Å². The lowest BCUT2D eigenvalue weighted by atomic mass is 10.2. The first kappa shape index (κ1) is 21.7. The molecule has 0 saturated carbocycles. The van der Waals surface area contributed by atoms with Gasteiger partial charge in [-0.2, -0.15) is 5.10 Å². The van der Waals surface area contributed by atoms with Crippen LogP contribution in [-0.4, -0.2) is 41.8 Å². The molecule has 0 radical (unpaired) electrons. The van der Waals surface area contributed by atoms with Gasteiger partial charge in [0.05, 0.1) is 12.8 Å². The number of ether oxygens (including phenoxy) is 1. The van der Waals surface area contributed by atoms with E-state index in [1.165, 1.54) is 11.1 Å². The van der Waals surface area contributed by atoms with Crippen LogP contribution in [0.3, 0.4) is 0 Å². The maximum absolute atomic E-state index is 5.21. The van der Waals surface area contributed by atoms with Gasteiger partial charge in [0.1, 0.15) is 5.75 Å². The first-order chi connectivity index (χ1) is 13.2. The zero-order valence-corrected chi connectivity index (χ0v) is 18.7. The van der Waals surface area contributed by atoms with Gasteiger partial charge >= 0.3 is 0 Å². The largest absolute Gasteiger partial charge is 0.497 e. The lowest BCUT2D eigenvalue weighted by molar-refractivity contribution is 0.414. The fraction of sp³-hybridized carbons (Fsp3) is 0.238. The summed E-state index contributed by atoms with van der Waals surface area (Å²) in [5, 5.41) is 7.66. The molecule has 0 aliphatic rings. The van der Waals surface area contributed by atoms with E-state index in [4.69, 9.17) is 4.74 Å². The van der Waals surface area contributed by atoms with Crippen LogP contribution >= 0.6 is 24.0 Å². The third-order valence-electron chi connectivity index (χ3n) is 4.31. The Labute approximate surface area is 183 Å². The molecule has 0 saturated heterocycles. The highest BCUT2D eigenvalue weighted by atomic mass is 127. The summed E-state index contributed by atoms with van der Waals surface area (Å²) in [7, 11) is 5.50. The number of hydrogen-bond acceptors (Lipinski definition) is 3. The number of aromatic nitrogens is 2. The van der Waals surface area contributed by atoms with Crippen LogP contribution in [-0.2, 0) is 13.1 Å². The predicted molar refractivity (Wildman–Crippen MR) is 124 cm³/mol. The van der Waals surface area contributed by atoms with Crippen LogP contribution < -0.4 is 10.1 Å². The Kier molecular flexibility index (Phi) is 8.31. The van der Waals surface area contributed by atoms with E-state index in [0.29, 0.717) is 6.54 Å². The van der Waals surface area contributed by atoms with Crippen LogP contribution in [0.2, 0.25) is 0 Å². The lowest BCUT2D eigenvalue weighted by Gasteiger charge is -2.22. The van der Waals surface area contributed by atoms with E-state index < -0.39 is 0 Å². The zero-order chi connectivity index (χ0) is 19.1. The normalized spacial score (nSPS) is 10.9. The van der Waals surface area contributed by atoms with Crippen LogP contribution in [0.25, 0.3) is 5.69 Å². The number of nitrogens with one attached hydrogen (secondary N) is 1. The molecule has 0 amide bonds. The van der Waals surface area contributed by atoms with Crippen LogP contribution in [0.4, 0.5) is 0 Å². The molecule has 0 atom stereocenters. The van der Waals surface area contributed by atoms with Crippen molar-refractivity contribution in [2.75, 3.05) is 21.2 Å². The molecule has 3 rings (SSSR count). The fourth-order valence-corrected chi connectivity index (χ4v) is 2.83. The highest BCUT2D eigenvalue weighted by Gasteiger charge is 2.07. The van der Waals surface area contributed by atoms with Gasteiger partial charge in [-0.1, -0.05) is 24.3 Å². The van der Waals surface area contributed by atoms with E-state index >= 15 is 0 Å². The predicted octanol–water partition coefficient (Wildman–Crippen LogP) is 3.71. The molecule has 1 heterocycles. The molecule has 0 aliphatic heterocycles. The van der Waals surface area contributed by atoms with Crippen molar-refractivity contribution < 1.29 is 4.74 Å². The van der Waals surface area contributed by atoms with Crippen molar-refractivity contribution >= 4 is 29.9 Å². The summed E-state index contributed by atoms with van der Waals surface area (Å²) in [5.41, 5.74) is 3.43. The van der Waals surface area contributed by atoms with Gasteiger partial charge < -0.3 is 15.0 Å². The molecule has 28 heavy (non-hydrogen) atoms. The van der Waals surface area contributed by atoms with Crippen molar-refractivity contribution in [3.05, 3.63) is 78.1 Å². The summed E-state index contributed by atoms with van der Waals surface area (Å²) in [5.74, 6) is 1.71. The molecule has 0 bridgehead atoms. The second-order valence-electron chi connectivity index (χ2n) is 6.22. The molecule has 2 aromatic carbocycles. The summed E-state index contributed by atoms with van der Waals surface area (Å²) in [6.07, 6.45) is 3.71. The second-order valence-corrected chi connectivity index (χ2v) is 6.22. The molecular weight excluding hydrogens is 465 g/mol. The Morgan fingerprint density at radius 3 is 2.36 bits per heavy atom. The van der Waals surface area contributed by atoms with Gasteiger partial charge in [0, 0.05) is 39.6 Å². The maximum Gasteiger partial charge on any atom is 0.193 e. The number of hydrogen-bond donors (Lipinski definition) is 1. The zero-order valence-electron chi connectivity index (χ0n) is 16.4. The number of benzene rings is 2. The molecule has 6 nitrogen and oxygen atoms in total. The first-order valence-corrected chi connectivity index (χ1v) is 8.83. The average molecular weight is 491 g/mol. The third kappa shape index (κ3) is 5.72. The van der Waals surface area contributed by atoms with E-state index in [0.717, 1.165) is 23.9 Å². The summed E-state index contributed by atoms with van der Waals surface area (Å²) in [6.45, 7) is 1.47. The Balaban J connectivity index is 0.00000280. The lowest BCUT2D eigenvalue weighted by Crippen LogP contribution is -2.38. The van der Waals surface area contributed by atoms with Crippen LogP contribution in [0.15, 0.2) is 72.0 Å². The standard InChI is InChI=1S/C21H25N5O.HI/c1-22-21(25(2)16-18-7-11-20(27-3)12-8-18)23-15-17-5-9-19(10-6-17)26-14-4-13-24-26;/h4-14H,15-16H2,1-3H3,(H,22,23);1H. The van der Waals surface area contributed by atoms with Gasteiger partial charge in [-0.3, -0.25) is 4.99 Å². The third-order valence-corrected chi connectivity index (χ3v) is 4.31. The number of aliphatic imine (C=N–C) groups is 1. The van der Waals surface area contributed by atoms with Crippen molar-refractivity contribution in [1.82, 2.24) is 20.0 Å². The minimum Gasteiger partial charge on any atom is -0.497 e. The van der Waals surface area contributed by atoms with E-state index in [9.17, 15) is 0 Å². The Morgan fingerprint density at radius 2 is 1.79 bits per heavy atom. The summed E-state index contributed by atoms with van der Waals surface area (Å²) >= 11 is 0. The Bertz CT molecular complexity index is 861. The van der Waals surface area contributed by atoms with Gasteiger partial charge in [0.15, 0.2) is 5.96 Å². The quantitative estimate of drug-likeness (QED) is 0.325. The smallest absolute Gasteiger partial charge is 0.193 e. The Hall–Kier alpha value is -2.55. The topological polar surface area (TPSA) is 54.7 Å².